The van der Waals surface area contributed by atoms with Crippen LogP contribution in [0.25, 0.3) is 0 Å². The highest BCUT2D eigenvalue weighted by Gasteiger charge is 2.41. The standard InChI is InChI=1S/C20H25NO10S/c1-13(22)28-11-30-18(25)21-16(17(24)27-10-15-8-6-5-7-9-15)20(3,4)32-19(26)31-12-29-14(2)23/h5-9,16H,10-12H2,1-4H3,(H,21,25)/t16-/m0/s1. The van der Waals surface area contributed by atoms with Gasteiger partial charge in [0.05, 0.1) is 4.75 Å². The number of amides is 1. The predicted octanol–water partition coefficient (Wildman–Crippen LogP) is 2.51. The lowest BCUT2D eigenvalue weighted by Gasteiger charge is -2.31. The van der Waals surface area contributed by atoms with Crippen molar-refractivity contribution in [2.24, 2.45) is 0 Å². The summed E-state index contributed by atoms with van der Waals surface area (Å²) in [5.41, 5.74) is 0.711. The van der Waals surface area contributed by atoms with E-state index in [-0.39, 0.29) is 6.61 Å². The number of esters is 3. The second-order valence-corrected chi connectivity index (χ2v) is 8.30. The van der Waals surface area contributed by atoms with E-state index in [9.17, 15) is 24.0 Å². The van der Waals surface area contributed by atoms with Gasteiger partial charge in [0.1, 0.15) is 12.6 Å². The van der Waals surface area contributed by atoms with Crippen LogP contribution in [0.15, 0.2) is 30.3 Å². The van der Waals surface area contributed by atoms with Crippen molar-refractivity contribution in [3.05, 3.63) is 35.9 Å². The van der Waals surface area contributed by atoms with Crippen LogP contribution in [-0.2, 0) is 44.7 Å². The number of thioether (sulfide) groups is 1. The average Bonchev–Trinajstić information content (AvgIpc) is 2.70. The van der Waals surface area contributed by atoms with E-state index in [1.165, 1.54) is 13.8 Å². The molecular weight excluding hydrogens is 446 g/mol. The molecule has 0 saturated heterocycles. The third kappa shape index (κ3) is 10.7. The fraction of sp³-hybridized carbons (Fsp3) is 0.450. The molecule has 32 heavy (non-hydrogen) atoms. The maximum Gasteiger partial charge on any atom is 0.410 e. The molecule has 0 bridgehead atoms. The first kappa shape index (κ1) is 26.8. The molecule has 1 atom stereocenters. The summed E-state index contributed by atoms with van der Waals surface area (Å²) >= 11 is 0.573. The first-order valence-corrected chi connectivity index (χ1v) is 10.1. The molecule has 0 radical (unpaired) electrons. The SMILES string of the molecule is CC(=O)OCOC(=O)N[C@@H](C(=O)OCc1ccccc1)C(C)(C)SC(=O)OCOC(C)=O. The fourth-order valence-electron chi connectivity index (χ4n) is 2.12. The molecule has 1 N–H and O–H groups in total. The summed E-state index contributed by atoms with van der Waals surface area (Å²) in [6.07, 6.45) is -1.07. The Hall–Kier alpha value is -3.28. The summed E-state index contributed by atoms with van der Waals surface area (Å²) in [6, 6.07) is 7.47. The van der Waals surface area contributed by atoms with Crippen LogP contribution < -0.4 is 5.32 Å². The van der Waals surface area contributed by atoms with Crippen LogP contribution in [0.2, 0.25) is 0 Å². The monoisotopic (exact) mass is 471 g/mol. The van der Waals surface area contributed by atoms with E-state index in [0.717, 1.165) is 13.8 Å². The van der Waals surface area contributed by atoms with Crippen LogP contribution >= 0.6 is 11.8 Å². The minimum absolute atomic E-state index is 0.0714. The Labute approximate surface area is 189 Å². The zero-order valence-electron chi connectivity index (χ0n) is 18.1. The largest absolute Gasteiger partial charge is 0.459 e. The van der Waals surface area contributed by atoms with Crippen LogP contribution in [0.3, 0.4) is 0 Å². The van der Waals surface area contributed by atoms with Crippen molar-refractivity contribution in [1.29, 1.82) is 0 Å². The number of alkyl carbamates (subject to hydrolysis) is 1. The normalized spacial score (nSPS) is 11.5. The Bertz CT molecular complexity index is 812. The molecule has 1 aromatic carbocycles. The van der Waals surface area contributed by atoms with Gasteiger partial charge in [-0.3, -0.25) is 9.59 Å². The number of ether oxygens (including phenoxy) is 5. The second kappa shape index (κ2) is 13.2. The van der Waals surface area contributed by atoms with Gasteiger partial charge in [0.2, 0.25) is 13.6 Å². The Kier molecular flexibility index (Phi) is 11.0. The first-order chi connectivity index (χ1) is 15.0. The van der Waals surface area contributed by atoms with Gasteiger partial charge in [-0.05, 0) is 31.2 Å². The molecule has 1 rings (SSSR count). The Morgan fingerprint density at radius 2 is 1.44 bits per heavy atom. The molecule has 0 aliphatic heterocycles. The lowest BCUT2D eigenvalue weighted by molar-refractivity contribution is -0.151. The van der Waals surface area contributed by atoms with Crippen molar-refractivity contribution in [2.75, 3.05) is 13.6 Å². The highest BCUT2D eigenvalue weighted by Crippen LogP contribution is 2.31. The minimum Gasteiger partial charge on any atom is -0.459 e. The molecule has 1 amide bonds. The van der Waals surface area contributed by atoms with E-state index in [2.05, 4.69) is 14.8 Å². The number of hydrogen-bond acceptors (Lipinski definition) is 11. The molecule has 12 heteroatoms. The van der Waals surface area contributed by atoms with Crippen molar-refractivity contribution in [3.63, 3.8) is 0 Å². The summed E-state index contributed by atoms with van der Waals surface area (Å²) in [7, 11) is 0. The number of rotatable bonds is 10. The Morgan fingerprint density at radius 3 is 2.00 bits per heavy atom. The van der Waals surface area contributed by atoms with E-state index in [1.54, 1.807) is 30.3 Å². The topological polar surface area (TPSA) is 144 Å². The van der Waals surface area contributed by atoms with E-state index in [1.807, 2.05) is 0 Å². The molecule has 0 aromatic heterocycles. The summed E-state index contributed by atoms with van der Waals surface area (Å²) in [5.74, 6) is -2.15. The van der Waals surface area contributed by atoms with E-state index >= 15 is 0 Å². The molecule has 0 spiro atoms. The first-order valence-electron chi connectivity index (χ1n) is 9.27. The quantitative estimate of drug-likeness (QED) is 0.305. The van der Waals surface area contributed by atoms with Gasteiger partial charge in [-0.25, -0.2) is 14.4 Å². The average molecular weight is 471 g/mol. The number of nitrogens with one attached hydrogen (secondary N) is 1. The molecule has 0 fully saturated rings. The van der Waals surface area contributed by atoms with Crippen molar-refractivity contribution in [3.8, 4) is 0 Å². The van der Waals surface area contributed by atoms with Crippen LogP contribution in [-0.4, -0.2) is 53.7 Å². The molecule has 0 unspecified atom stereocenters. The molecule has 11 nitrogen and oxygen atoms in total. The highest BCUT2D eigenvalue weighted by atomic mass is 32.2. The van der Waals surface area contributed by atoms with Gasteiger partial charge in [0.15, 0.2) is 0 Å². The minimum atomic E-state index is -1.36. The van der Waals surface area contributed by atoms with Gasteiger partial charge in [-0.2, -0.15) is 0 Å². The predicted molar refractivity (Wildman–Crippen MR) is 111 cm³/mol. The molecule has 0 heterocycles. The number of carbonyl (C=O) groups is 5. The summed E-state index contributed by atoms with van der Waals surface area (Å²) in [5, 5.41) is 1.45. The van der Waals surface area contributed by atoms with Crippen LogP contribution in [0.1, 0.15) is 33.3 Å². The molecule has 0 saturated carbocycles. The van der Waals surface area contributed by atoms with Gasteiger partial charge in [0, 0.05) is 13.8 Å². The van der Waals surface area contributed by atoms with Crippen molar-refractivity contribution in [1.82, 2.24) is 5.32 Å². The van der Waals surface area contributed by atoms with Crippen molar-refractivity contribution < 1.29 is 47.7 Å². The molecular formula is C20H25NO10S. The van der Waals surface area contributed by atoms with Crippen LogP contribution in [0.5, 0.6) is 0 Å². The summed E-state index contributed by atoms with van der Waals surface area (Å²) in [4.78, 5) is 58.5. The molecule has 176 valence electrons. The van der Waals surface area contributed by atoms with Gasteiger partial charge in [-0.15, -0.1) is 0 Å². The maximum atomic E-state index is 12.8. The zero-order chi connectivity index (χ0) is 24.1. The Balaban J connectivity index is 2.84. The highest BCUT2D eigenvalue weighted by molar-refractivity contribution is 8.14. The summed E-state index contributed by atoms with van der Waals surface area (Å²) < 4.78 is 22.5. The lowest BCUT2D eigenvalue weighted by atomic mass is 10.0. The van der Waals surface area contributed by atoms with Crippen molar-refractivity contribution >= 4 is 41.1 Å². The molecule has 0 aliphatic rings. The third-order valence-electron chi connectivity index (χ3n) is 3.65. The van der Waals surface area contributed by atoms with Crippen LogP contribution in [0, 0.1) is 0 Å². The number of hydrogen-bond donors (Lipinski definition) is 1. The third-order valence-corrected chi connectivity index (χ3v) is 4.70. The second-order valence-electron chi connectivity index (χ2n) is 6.71. The molecule has 1 aromatic rings. The lowest BCUT2D eigenvalue weighted by Crippen LogP contribution is -2.53. The number of carbonyl (C=O) groups excluding carboxylic acids is 5. The van der Waals surface area contributed by atoms with Gasteiger partial charge < -0.3 is 29.0 Å². The van der Waals surface area contributed by atoms with Gasteiger partial charge >= 0.3 is 29.3 Å². The molecule has 0 aliphatic carbocycles. The summed E-state index contributed by atoms with van der Waals surface area (Å²) in [6.45, 7) is 3.93. The van der Waals surface area contributed by atoms with E-state index < -0.39 is 53.7 Å². The van der Waals surface area contributed by atoms with Gasteiger partial charge in [0.25, 0.3) is 0 Å². The number of benzene rings is 1. The van der Waals surface area contributed by atoms with E-state index in [0.29, 0.717) is 17.3 Å². The maximum absolute atomic E-state index is 12.8. The smallest absolute Gasteiger partial charge is 0.410 e. The van der Waals surface area contributed by atoms with E-state index in [4.69, 9.17) is 14.2 Å². The Morgan fingerprint density at radius 1 is 0.875 bits per heavy atom. The van der Waals surface area contributed by atoms with Gasteiger partial charge in [-0.1, -0.05) is 30.3 Å². The van der Waals surface area contributed by atoms with Crippen LogP contribution in [0.4, 0.5) is 9.59 Å². The fourth-order valence-corrected chi connectivity index (χ4v) is 2.93. The zero-order valence-corrected chi connectivity index (χ0v) is 18.9. The van der Waals surface area contributed by atoms with Crippen molar-refractivity contribution in [2.45, 2.75) is 45.1 Å².